The minimum Gasteiger partial charge on any atom is -0.454 e. The minimum absolute atomic E-state index is 0.0807. The van der Waals surface area contributed by atoms with E-state index in [1.807, 2.05) is 0 Å². The number of carbonyl (C=O) groups is 2. The maximum atomic E-state index is 14.1. The molecule has 1 amide bonds. The Morgan fingerprint density at radius 3 is 2.40 bits per heavy atom. The fourth-order valence-electron chi connectivity index (χ4n) is 2.35. The number of rotatable bonds is 3. The van der Waals surface area contributed by atoms with E-state index < -0.39 is 48.8 Å². The van der Waals surface area contributed by atoms with Gasteiger partial charge in [0.25, 0.3) is 0 Å². The zero-order valence-electron chi connectivity index (χ0n) is 12.9. The maximum absolute atomic E-state index is 14.1. The van der Waals surface area contributed by atoms with Crippen LogP contribution >= 0.6 is 0 Å². The van der Waals surface area contributed by atoms with Gasteiger partial charge in [0.1, 0.15) is 6.04 Å². The van der Waals surface area contributed by atoms with Crippen LogP contribution in [0.25, 0.3) is 0 Å². The molecule has 1 aromatic carbocycles. The number of amides is 1. The molecule has 1 aliphatic heterocycles. The predicted molar refractivity (Wildman–Crippen MR) is 75.1 cm³/mol. The lowest BCUT2D eigenvalue weighted by atomic mass is 9.97. The van der Waals surface area contributed by atoms with Crippen LogP contribution in [0.2, 0.25) is 0 Å². The third-order valence-electron chi connectivity index (χ3n) is 3.59. The molecule has 0 unspecified atom stereocenters. The first-order chi connectivity index (χ1) is 11.6. The lowest BCUT2D eigenvalue weighted by molar-refractivity contribution is -0.237. The molecular weight excluding hydrogens is 350 g/mol. The van der Waals surface area contributed by atoms with Gasteiger partial charge in [-0.2, -0.15) is 13.2 Å². The highest BCUT2D eigenvalue weighted by Crippen LogP contribution is 2.26. The van der Waals surface area contributed by atoms with Crippen molar-refractivity contribution in [3.8, 4) is 0 Å². The molecule has 10 heteroatoms. The molecule has 1 saturated heterocycles. The van der Waals surface area contributed by atoms with Gasteiger partial charge in [-0.15, -0.1) is 0 Å². The number of carbonyl (C=O) groups excluding carboxylic acids is 2. The van der Waals surface area contributed by atoms with Crippen molar-refractivity contribution in [3.05, 3.63) is 35.9 Å². The fraction of sp³-hybridized carbons (Fsp3) is 0.467. The predicted octanol–water partition coefficient (Wildman–Crippen LogP) is 1.33. The smallest absolute Gasteiger partial charge is 0.454 e. The Kier molecular flexibility index (Phi) is 5.63. The highest BCUT2D eigenvalue weighted by atomic mass is 19.4. The van der Waals surface area contributed by atoms with Crippen LogP contribution in [0.4, 0.5) is 17.6 Å². The number of aliphatic hydroxyl groups excluding tert-OH is 1. The summed E-state index contributed by atoms with van der Waals surface area (Å²) >= 11 is 0. The van der Waals surface area contributed by atoms with E-state index in [1.54, 1.807) is 6.07 Å². The summed E-state index contributed by atoms with van der Waals surface area (Å²) < 4.78 is 61.3. The van der Waals surface area contributed by atoms with E-state index in [-0.39, 0.29) is 5.56 Å². The Morgan fingerprint density at radius 2 is 1.84 bits per heavy atom. The maximum Gasteiger partial charge on any atom is 0.471 e. The first-order valence-corrected chi connectivity index (χ1v) is 7.22. The van der Waals surface area contributed by atoms with Gasteiger partial charge in [-0.3, -0.25) is 4.79 Å². The van der Waals surface area contributed by atoms with Crippen LogP contribution in [0.1, 0.15) is 17.3 Å². The van der Waals surface area contributed by atoms with Crippen molar-refractivity contribution in [2.24, 2.45) is 0 Å². The summed E-state index contributed by atoms with van der Waals surface area (Å²) in [5.74, 6) is -3.35. The SMILES string of the molecule is C[C@@H]1O[C@H](O)[C@@H](F)[C@H](NC(=O)C(F)(F)F)[C@@H]1OC(=O)c1ccccc1. The average Bonchev–Trinajstić information content (AvgIpc) is 2.55. The molecule has 1 fully saturated rings. The van der Waals surface area contributed by atoms with Crippen molar-refractivity contribution < 1.29 is 41.7 Å². The molecule has 0 saturated carbocycles. The van der Waals surface area contributed by atoms with Crippen molar-refractivity contribution in [1.29, 1.82) is 0 Å². The standard InChI is InChI=1S/C15H15F4NO5/c1-7-11(25-12(21)8-5-3-2-4-6-8)10(9(16)13(22)24-7)20-14(23)15(17,18)19/h2-7,9-11,13,22H,1H3,(H,20,23)/t7-,9-,10-,11+,13-/m0/s1. The second kappa shape index (κ2) is 7.36. The van der Waals surface area contributed by atoms with Gasteiger partial charge in [0, 0.05) is 0 Å². The van der Waals surface area contributed by atoms with E-state index in [1.165, 1.54) is 36.5 Å². The minimum atomic E-state index is -5.26. The fourth-order valence-corrected chi connectivity index (χ4v) is 2.35. The van der Waals surface area contributed by atoms with Gasteiger partial charge < -0.3 is 19.9 Å². The lowest BCUT2D eigenvalue weighted by Crippen LogP contribution is -2.64. The molecule has 0 radical (unpaired) electrons. The van der Waals surface area contributed by atoms with E-state index in [2.05, 4.69) is 0 Å². The van der Waals surface area contributed by atoms with Gasteiger partial charge in [0.05, 0.1) is 11.7 Å². The van der Waals surface area contributed by atoms with Crippen LogP contribution < -0.4 is 5.32 Å². The van der Waals surface area contributed by atoms with E-state index in [4.69, 9.17) is 9.47 Å². The van der Waals surface area contributed by atoms with E-state index in [9.17, 15) is 32.3 Å². The van der Waals surface area contributed by atoms with Gasteiger partial charge >= 0.3 is 18.1 Å². The summed E-state index contributed by atoms with van der Waals surface area (Å²) in [5, 5.41) is 10.9. The second-order valence-corrected chi connectivity index (χ2v) is 5.41. The van der Waals surface area contributed by atoms with Gasteiger partial charge in [0.15, 0.2) is 18.6 Å². The molecule has 0 spiro atoms. The number of nitrogens with one attached hydrogen (secondary N) is 1. The van der Waals surface area contributed by atoms with Crippen LogP contribution in [0.15, 0.2) is 30.3 Å². The molecule has 2 rings (SSSR count). The van der Waals surface area contributed by atoms with Crippen LogP contribution in [-0.4, -0.2) is 53.9 Å². The van der Waals surface area contributed by atoms with Crippen molar-refractivity contribution in [2.75, 3.05) is 0 Å². The molecule has 1 heterocycles. The number of aliphatic hydroxyl groups is 1. The number of alkyl halides is 4. The largest absolute Gasteiger partial charge is 0.471 e. The van der Waals surface area contributed by atoms with Crippen LogP contribution in [-0.2, 0) is 14.3 Å². The van der Waals surface area contributed by atoms with E-state index in [0.29, 0.717) is 0 Å². The molecule has 138 valence electrons. The first-order valence-electron chi connectivity index (χ1n) is 7.22. The van der Waals surface area contributed by atoms with Crippen molar-refractivity contribution in [2.45, 2.75) is 43.8 Å². The number of ether oxygens (including phenoxy) is 2. The molecule has 2 N–H and O–H groups in total. The van der Waals surface area contributed by atoms with Gasteiger partial charge in [-0.1, -0.05) is 18.2 Å². The molecule has 6 nitrogen and oxygen atoms in total. The lowest BCUT2D eigenvalue weighted by Gasteiger charge is -2.40. The third kappa shape index (κ3) is 4.45. The Balaban J connectivity index is 2.21. The molecular formula is C15H15F4NO5. The summed E-state index contributed by atoms with van der Waals surface area (Å²) in [5.41, 5.74) is 0.0807. The summed E-state index contributed by atoms with van der Waals surface area (Å²) in [6, 6.07) is 5.54. The molecule has 25 heavy (non-hydrogen) atoms. The normalized spacial score (nSPS) is 29.8. The van der Waals surface area contributed by atoms with Crippen molar-refractivity contribution >= 4 is 11.9 Å². The van der Waals surface area contributed by atoms with Crippen molar-refractivity contribution in [3.63, 3.8) is 0 Å². The number of benzene rings is 1. The molecule has 1 aromatic rings. The Labute approximate surface area is 139 Å². The number of halogens is 4. The Hall–Kier alpha value is -2.20. The number of hydrogen-bond acceptors (Lipinski definition) is 5. The second-order valence-electron chi connectivity index (χ2n) is 5.41. The van der Waals surface area contributed by atoms with Crippen LogP contribution in [0.5, 0.6) is 0 Å². The number of hydrogen-bond donors (Lipinski definition) is 2. The van der Waals surface area contributed by atoms with E-state index >= 15 is 0 Å². The van der Waals surface area contributed by atoms with E-state index in [0.717, 1.165) is 0 Å². The van der Waals surface area contributed by atoms with Gasteiger partial charge in [-0.05, 0) is 19.1 Å². The Morgan fingerprint density at radius 1 is 1.24 bits per heavy atom. The highest BCUT2D eigenvalue weighted by Gasteiger charge is 2.50. The zero-order valence-corrected chi connectivity index (χ0v) is 12.9. The third-order valence-corrected chi connectivity index (χ3v) is 3.59. The number of esters is 1. The van der Waals surface area contributed by atoms with Crippen LogP contribution in [0, 0.1) is 0 Å². The zero-order chi connectivity index (χ0) is 18.8. The molecule has 0 aromatic heterocycles. The average molecular weight is 365 g/mol. The Bertz CT molecular complexity index is 624. The highest BCUT2D eigenvalue weighted by molar-refractivity contribution is 5.89. The van der Waals surface area contributed by atoms with Gasteiger partial charge in [-0.25, -0.2) is 9.18 Å². The first kappa shape index (κ1) is 19.1. The monoisotopic (exact) mass is 365 g/mol. The molecule has 5 atom stereocenters. The summed E-state index contributed by atoms with van der Waals surface area (Å²) in [7, 11) is 0. The van der Waals surface area contributed by atoms with Crippen LogP contribution in [0.3, 0.4) is 0 Å². The quantitative estimate of drug-likeness (QED) is 0.624. The molecule has 0 aliphatic carbocycles. The molecule has 1 aliphatic rings. The summed E-state index contributed by atoms with van der Waals surface area (Å²) in [6.07, 6.45) is -12.5. The summed E-state index contributed by atoms with van der Waals surface area (Å²) in [4.78, 5) is 23.2. The van der Waals surface area contributed by atoms with Crippen molar-refractivity contribution in [1.82, 2.24) is 5.32 Å². The van der Waals surface area contributed by atoms with Gasteiger partial charge in [0.2, 0.25) is 0 Å². The topological polar surface area (TPSA) is 84.9 Å². The molecule has 0 bridgehead atoms. The summed E-state index contributed by atoms with van der Waals surface area (Å²) in [6.45, 7) is 1.27.